The molecule has 5 heteroatoms. The van der Waals surface area contributed by atoms with Crippen LogP contribution in [0.4, 0.5) is 0 Å². The fraction of sp³-hybridized carbons (Fsp3) is 0.211. The maximum Gasteiger partial charge on any atom is 0.340 e. The Labute approximate surface area is 140 Å². The summed E-state index contributed by atoms with van der Waals surface area (Å²) < 4.78 is 17.9. The van der Waals surface area contributed by atoms with Gasteiger partial charge in [0.1, 0.15) is 24.7 Å². The molecule has 0 aliphatic heterocycles. The number of methoxy groups -OCH3 is 1. The zero-order valence-corrected chi connectivity index (χ0v) is 13.7. The van der Waals surface area contributed by atoms with Gasteiger partial charge in [-0.3, -0.25) is 0 Å². The predicted octanol–water partition coefficient (Wildman–Crippen LogP) is 3.42. The summed E-state index contributed by atoms with van der Waals surface area (Å²) >= 11 is 0. The summed E-state index contributed by atoms with van der Waals surface area (Å²) in [4.78, 5) is 12.3. The van der Waals surface area contributed by atoms with Crippen molar-refractivity contribution < 1.29 is 19.0 Å². The SMILES string of the molecule is COc1ccc(OCCOC(=O)c2cn(C)c3ccccc23)cc1. The maximum absolute atomic E-state index is 12.3. The van der Waals surface area contributed by atoms with Crippen molar-refractivity contribution in [2.24, 2.45) is 7.05 Å². The third kappa shape index (κ3) is 3.35. The van der Waals surface area contributed by atoms with Crippen LogP contribution in [-0.2, 0) is 11.8 Å². The van der Waals surface area contributed by atoms with Crippen molar-refractivity contribution in [2.75, 3.05) is 20.3 Å². The molecule has 0 atom stereocenters. The monoisotopic (exact) mass is 325 g/mol. The number of rotatable bonds is 6. The lowest BCUT2D eigenvalue weighted by Crippen LogP contribution is -2.12. The highest BCUT2D eigenvalue weighted by molar-refractivity contribution is 6.04. The number of aryl methyl sites for hydroxylation is 1. The van der Waals surface area contributed by atoms with Gasteiger partial charge >= 0.3 is 5.97 Å². The summed E-state index contributed by atoms with van der Waals surface area (Å²) in [6, 6.07) is 15.0. The lowest BCUT2D eigenvalue weighted by atomic mass is 10.2. The molecule has 124 valence electrons. The van der Waals surface area contributed by atoms with Gasteiger partial charge in [0.05, 0.1) is 12.7 Å². The zero-order valence-electron chi connectivity index (χ0n) is 13.7. The summed E-state index contributed by atoms with van der Waals surface area (Å²) in [6.07, 6.45) is 1.79. The molecule has 0 bridgehead atoms. The van der Waals surface area contributed by atoms with Crippen LogP contribution in [0.5, 0.6) is 11.5 Å². The summed E-state index contributed by atoms with van der Waals surface area (Å²) in [5.41, 5.74) is 1.57. The Morgan fingerprint density at radius 1 is 1.00 bits per heavy atom. The van der Waals surface area contributed by atoms with Gasteiger partial charge in [-0.15, -0.1) is 0 Å². The van der Waals surface area contributed by atoms with Gasteiger partial charge in [0.2, 0.25) is 0 Å². The Balaban J connectivity index is 1.55. The van der Waals surface area contributed by atoms with E-state index < -0.39 is 0 Å². The molecule has 3 rings (SSSR count). The smallest absolute Gasteiger partial charge is 0.340 e. The van der Waals surface area contributed by atoms with Crippen LogP contribution in [0.2, 0.25) is 0 Å². The van der Waals surface area contributed by atoms with Crippen molar-refractivity contribution in [3.05, 3.63) is 60.3 Å². The predicted molar refractivity (Wildman–Crippen MR) is 91.7 cm³/mol. The minimum atomic E-state index is -0.342. The van der Waals surface area contributed by atoms with Crippen LogP contribution in [0.15, 0.2) is 54.7 Å². The van der Waals surface area contributed by atoms with E-state index in [0.717, 1.165) is 16.7 Å². The van der Waals surface area contributed by atoms with Crippen LogP contribution in [-0.4, -0.2) is 30.9 Å². The van der Waals surface area contributed by atoms with Crippen molar-refractivity contribution in [3.8, 4) is 11.5 Å². The molecule has 0 aliphatic rings. The van der Waals surface area contributed by atoms with Crippen LogP contribution < -0.4 is 9.47 Å². The van der Waals surface area contributed by atoms with Gasteiger partial charge in [0.15, 0.2) is 0 Å². The second-order valence-electron chi connectivity index (χ2n) is 5.33. The molecule has 1 heterocycles. The van der Waals surface area contributed by atoms with E-state index in [0.29, 0.717) is 17.9 Å². The minimum absolute atomic E-state index is 0.189. The Kier molecular flexibility index (Phi) is 4.70. The number of para-hydroxylation sites is 1. The molecular weight excluding hydrogens is 306 g/mol. The molecule has 3 aromatic rings. The number of fused-ring (bicyclic) bond motifs is 1. The van der Waals surface area contributed by atoms with E-state index in [-0.39, 0.29) is 12.6 Å². The highest BCUT2D eigenvalue weighted by atomic mass is 16.6. The second kappa shape index (κ2) is 7.08. The number of benzene rings is 2. The molecule has 0 radical (unpaired) electrons. The average molecular weight is 325 g/mol. The first-order chi connectivity index (χ1) is 11.7. The van der Waals surface area contributed by atoms with Crippen LogP contribution in [0, 0.1) is 0 Å². The highest BCUT2D eigenvalue weighted by Crippen LogP contribution is 2.21. The molecule has 0 unspecified atom stereocenters. The lowest BCUT2D eigenvalue weighted by Gasteiger charge is -2.07. The van der Waals surface area contributed by atoms with E-state index in [4.69, 9.17) is 14.2 Å². The van der Waals surface area contributed by atoms with E-state index in [9.17, 15) is 4.79 Å². The molecule has 0 spiro atoms. The topological polar surface area (TPSA) is 49.7 Å². The second-order valence-corrected chi connectivity index (χ2v) is 5.33. The number of hydrogen-bond donors (Lipinski definition) is 0. The average Bonchev–Trinajstić information content (AvgIpc) is 2.96. The summed E-state index contributed by atoms with van der Waals surface area (Å²) in [5.74, 6) is 1.13. The van der Waals surface area contributed by atoms with Gasteiger partial charge in [0, 0.05) is 24.1 Å². The molecule has 2 aromatic carbocycles. The number of carbonyl (C=O) groups is 1. The van der Waals surface area contributed by atoms with Gasteiger partial charge in [-0.05, 0) is 30.3 Å². The third-order valence-electron chi connectivity index (χ3n) is 3.76. The number of nitrogens with zero attached hydrogens (tertiary/aromatic N) is 1. The Morgan fingerprint density at radius 2 is 1.71 bits per heavy atom. The van der Waals surface area contributed by atoms with Gasteiger partial charge in [0.25, 0.3) is 0 Å². The molecule has 24 heavy (non-hydrogen) atoms. The molecule has 5 nitrogen and oxygen atoms in total. The summed E-state index contributed by atoms with van der Waals surface area (Å²) in [6.45, 7) is 0.483. The fourth-order valence-electron chi connectivity index (χ4n) is 2.55. The minimum Gasteiger partial charge on any atom is -0.497 e. The van der Waals surface area contributed by atoms with E-state index in [1.165, 1.54) is 0 Å². The van der Waals surface area contributed by atoms with Gasteiger partial charge < -0.3 is 18.8 Å². The van der Waals surface area contributed by atoms with Crippen molar-refractivity contribution in [3.63, 3.8) is 0 Å². The zero-order chi connectivity index (χ0) is 16.9. The molecule has 0 fully saturated rings. The highest BCUT2D eigenvalue weighted by Gasteiger charge is 2.14. The van der Waals surface area contributed by atoms with Crippen molar-refractivity contribution in [1.82, 2.24) is 4.57 Å². The molecule has 0 saturated heterocycles. The largest absolute Gasteiger partial charge is 0.497 e. The lowest BCUT2D eigenvalue weighted by molar-refractivity contribution is 0.0452. The quantitative estimate of drug-likeness (QED) is 0.515. The Hall–Kier alpha value is -2.95. The first kappa shape index (κ1) is 15.9. The maximum atomic E-state index is 12.3. The van der Waals surface area contributed by atoms with E-state index >= 15 is 0 Å². The number of esters is 1. The van der Waals surface area contributed by atoms with Crippen LogP contribution in [0.1, 0.15) is 10.4 Å². The molecule has 0 N–H and O–H groups in total. The Morgan fingerprint density at radius 3 is 2.46 bits per heavy atom. The van der Waals surface area contributed by atoms with Crippen molar-refractivity contribution in [1.29, 1.82) is 0 Å². The van der Waals surface area contributed by atoms with Gasteiger partial charge in [-0.1, -0.05) is 18.2 Å². The van der Waals surface area contributed by atoms with E-state index in [1.54, 1.807) is 13.3 Å². The first-order valence-corrected chi connectivity index (χ1v) is 7.67. The van der Waals surface area contributed by atoms with Gasteiger partial charge in [-0.2, -0.15) is 0 Å². The summed E-state index contributed by atoms with van der Waals surface area (Å²) in [5, 5.41) is 0.890. The molecule has 1 aromatic heterocycles. The standard InChI is InChI=1S/C19H19NO4/c1-20-13-17(16-5-3-4-6-18(16)20)19(21)24-12-11-23-15-9-7-14(22-2)8-10-15/h3-10,13H,11-12H2,1-2H3. The molecular formula is C19H19NO4. The van der Waals surface area contributed by atoms with E-state index in [2.05, 4.69) is 0 Å². The Bertz CT molecular complexity index is 836. The third-order valence-corrected chi connectivity index (χ3v) is 3.76. The van der Waals surface area contributed by atoms with Crippen molar-refractivity contribution >= 4 is 16.9 Å². The van der Waals surface area contributed by atoms with Gasteiger partial charge in [-0.25, -0.2) is 4.79 Å². The summed E-state index contributed by atoms with van der Waals surface area (Å²) in [7, 11) is 3.52. The van der Waals surface area contributed by atoms with Crippen molar-refractivity contribution in [2.45, 2.75) is 0 Å². The van der Waals surface area contributed by atoms with Crippen LogP contribution in [0.25, 0.3) is 10.9 Å². The number of aromatic nitrogens is 1. The number of ether oxygens (including phenoxy) is 3. The fourth-order valence-corrected chi connectivity index (χ4v) is 2.55. The molecule has 0 aliphatic carbocycles. The normalized spacial score (nSPS) is 10.6. The number of hydrogen-bond acceptors (Lipinski definition) is 4. The molecule has 0 amide bonds. The number of carbonyl (C=O) groups excluding carboxylic acids is 1. The molecule has 0 saturated carbocycles. The van der Waals surface area contributed by atoms with Crippen LogP contribution >= 0.6 is 0 Å². The van der Waals surface area contributed by atoms with E-state index in [1.807, 2.05) is 60.1 Å². The van der Waals surface area contributed by atoms with Crippen LogP contribution in [0.3, 0.4) is 0 Å². The first-order valence-electron chi connectivity index (χ1n) is 7.67.